The number of esters is 1. The molecule has 0 radical (unpaired) electrons. The number of fused-ring (bicyclic) bond motifs is 1. The Morgan fingerprint density at radius 1 is 1.09 bits per heavy atom. The lowest BCUT2D eigenvalue weighted by Gasteiger charge is -2.07. The van der Waals surface area contributed by atoms with Crippen LogP contribution in [0.15, 0.2) is 54.7 Å². The highest BCUT2D eigenvalue weighted by Crippen LogP contribution is 2.31. The number of amides is 1. The molecule has 2 aromatic heterocycles. The van der Waals surface area contributed by atoms with E-state index in [2.05, 4.69) is 15.4 Å². The van der Waals surface area contributed by atoms with E-state index in [1.54, 1.807) is 68.4 Å². The summed E-state index contributed by atoms with van der Waals surface area (Å²) in [6.07, 6.45) is 1.66. The van der Waals surface area contributed by atoms with Gasteiger partial charge < -0.3 is 24.5 Å². The number of rotatable bonds is 7. The monoisotopic (exact) mass is 434 g/mol. The molecule has 0 aliphatic rings. The van der Waals surface area contributed by atoms with Gasteiger partial charge in [0.2, 0.25) is 0 Å². The molecule has 2 aromatic carbocycles. The number of carbonyl (C=O) groups is 2. The molecule has 4 aromatic rings. The lowest BCUT2D eigenvalue weighted by atomic mass is 10.2. The standard InChI is InChI=1S/C23H22N4O5/c1-4-32-23(29)18-8-9-27(26-18)16-7-5-6-15(12-16)24-22(28)19-11-14-10-17(30-2)13-20(31-3)21(14)25-19/h5-13,25H,4H2,1-3H3,(H,24,28). The average molecular weight is 434 g/mol. The normalized spacial score (nSPS) is 10.7. The minimum absolute atomic E-state index is 0.212. The predicted octanol–water partition coefficient (Wildman–Crippen LogP) is 3.80. The number of hydrogen-bond donors (Lipinski definition) is 2. The third kappa shape index (κ3) is 4.13. The highest BCUT2D eigenvalue weighted by atomic mass is 16.5. The summed E-state index contributed by atoms with van der Waals surface area (Å²) in [6, 6.07) is 14.0. The number of nitrogens with zero attached hydrogens (tertiary/aromatic N) is 2. The Balaban J connectivity index is 1.56. The number of carbonyl (C=O) groups excluding carboxylic acids is 2. The maximum atomic E-state index is 12.9. The molecule has 164 valence electrons. The molecule has 9 heteroatoms. The van der Waals surface area contributed by atoms with Crippen LogP contribution in [0.1, 0.15) is 27.9 Å². The molecule has 4 rings (SSSR count). The summed E-state index contributed by atoms with van der Waals surface area (Å²) >= 11 is 0. The third-order valence-electron chi connectivity index (χ3n) is 4.81. The van der Waals surface area contributed by atoms with Gasteiger partial charge in [-0.2, -0.15) is 5.10 Å². The van der Waals surface area contributed by atoms with Crippen LogP contribution < -0.4 is 14.8 Å². The van der Waals surface area contributed by atoms with Crippen molar-refractivity contribution in [1.29, 1.82) is 0 Å². The molecule has 2 heterocycles. The van der Waals surface area contributed by atoms with Gasteiger partial charge in [-0.1, -0.05) is 6.07 Å². The average Bonchev–Trinajstić information content (AvgIpc) is 3.46. The van der Waals surface area contributed by atoms with Crippen LogP contribution in [0.3, 0.4) is 0 Å². The molecule has 0 atom stereocenters. The maximum Gasteiger partial charge on any atom is 0.358 e. The van der Waals surface area contributed by atoms with E-state index in [4.69, 9.17) is 14.2 Å². The second kappa shape index (κ2) is 8.84. The Bertz CT molecular complexity index is 1290. The Morgan fingerprint density at radius 2 is 1.94 bits per heavy atom. The van der Waals surface area contributed by atoms with Gasteiger partial charge in [0.1, 0.15) is 17.2 Å². The maximum absolute atomic E-state index is 12.9. The minimum atomic E-state index is -0.485. The molecule has 2 N–H and O–H groups in total. The van der Waals surface area contributed by atoms with Gasteiger partial charge in [0, 0.05) is 23.3 Å². The summed E-state index contributed by atoms with van der Waals surface area (Å²) in [5.74, 6) is 0.416. The van der Waals surface area contributed by atoms with Gasteiger partial charge in [-0.15, -0.1) is 0 Å². The van der Waals surface area contributed by atoms with Gasteiger partial charge in [-0.05, 0) is 43.3 Å². The first-order chi connectivity index (χ1) is 15.5. The molecule has 0 saturated heterocycles. The largest absolute Gasteiger partial charge is 0.497 e. The van der Waals surface area contributed by atoms with Gasteiger partial charge in [-0.25, -0.2) is 9.48 Å². The van der Waals surface area contributed by atoms with Crippen molar-refractivity contribution < 1.29 is 23.8 Å². The van der Waals surface area contributed by atoms with E-state index in [0.717, 1.165) is 5.39 Å². The summed E-state index contributed by atoms with van der Waals surface area (Å²) in [6.45, 7) is 2.01. The van der Waals surface area contributed by atoms with E-state index >= 15 is 0 Å². The van der Waals surface area contributed by atoms with Crippen LogP contribution in [0.25, 0.3) is 16.6 Å². The Hall–Kier alpha value is -4.27. The van der Waals surface area contributed by atoms with Gasteiger partial charge >= 0.3 is 5.97 Å². The lowest BCUT2D eigenvalue weighted by Crippen LogP contribution is -2.12. The number of nitrogens with one attached hydrogen (secondary N) is 2. The van der Waals surface area contributed by atoms with E-state index in [0.29, 0.717) is 34.1 Å². The summed E-state index contributed by atoms with van der Waals surface area (Å²) in [4.78, 5) is 27.8. The van der Waals surface area contributed by atoms with Gasteiger partial charge in [-0.3, -0.25) is 4.79 Å². The Labute approximate surface area is 183 Å². The third-order valence-corrected chi connectivity index (χ3v) is 4.81. The molecule has 0 aliphatic heterocycles. The van der Waals surface area contributed by atoms with Crippen LogP contribution in [0, 0.1) is 0 Å². The molecule has 0 saturated carbocycles. The number of ether oxygens (including phenoxy) is 3. The Morgan fingerprint density at radius 3 is 2.69 bits per heavy atom. The van der Waals surface area contributed by atoms with Crippen molar-refractivity contribution in [3.8, 4) is 17.2 Å². The number of anilines is 1. The van der Waals surface area contributed by atoms with Crippen molar-refractivity contribution in [3.63, 3.8) is 0 Å². The summed E-state index contributed by atoms with van der Waals surface area (Å²) in [7, 11) is 3.13. The van der Waals surface area contributed by atoms with Crippen molar-refractivity contribution in [2.24, 2.45) is 0 Å². The molecule has 0 spiro atoms. The number of H-pyrrole nitrogens is 1. The van der Waals surface area contributed by atoms with E-state index in [9.17, 15) is 9.59 Å². The van der Waals surface area contributed by atoms with Gasteiger partial charge in [0.15, 0.2) is 5.69 Å². The predicted molar refractivity (Wildman–Crippen MR) is 119 cm³/mol. The summed E-state index contributed by atoms with van der Waals surface area (Å²) < 4.78 is 17.2. The smallest absolute Gasteiger partial charge is 0.358 e. The highest BCUT2D eigenvalue weighted by molar-refractivity contribution is 6.06. The van der Waals surface area contributed by atoms with Gasteiger partial charge in [0.05, 0.1) is 32.0 Å². The zero-order valence-electron chi connectivity index (χ0n) is 17.8. The minimum Gasteiger partial charge on any atom is -0.497 e. The van der Waals surface area contributed by atoms with Crippen molar-refractivity contribution in [2.45, 2.75) is 6.92 Å². The molecule has 0 bridgehead atoms. The lowest BCUT2D eigenvalue weighted by molar-refractivity contribution is 0.0519. The molecule has 9 nitrogen and oxygen atoms in total. The van der Waals surface area contributed by atoms with Crippen LogP contribution in [-0.2, 0) is 4.74 Å². The number of aromatic nitrogens is 3. The fourth-order valence-corrected chi connectivity index (χ4v) is 3.29. The molecule has 0 unspecified atom stereocenters. The first-order valence-corrected chi connectivity index (χ1v) is 9.91. The van der Waals surface area contributed by atoms with Crippen LogP contribution in [0.4, 0.5) is 5.69 Å². The fourth-order valence-electron chi connectivity index (χ4n) is 3.29. The van der Waals surface area contributed by atoms with Crippen LogP contribution >= 0.6 is 0 Å². The summed E-state index contributed by atoms with van der Waals surface area (Å²) in [5, 5.41) is 7.90. The van der Waals surface area contributed by atoms with Gasteiger partial charge in [0.25, 0.3) is 5.91 Å². The first-order valence-electron chi connectivity index (χ1n) is 9.91. The highest BCUT2D eigenvalue weighted by Gasteiger charge is 2.15. The second-order valence-corrected chi connectivity index (χ2v) is 6.85. The van der Waals surface area contributed by atoms with Crippen molar-refractivity contribution in [1.82, 2.24) is 14.8 Å². The number of aromatic amines is 1. The van der Waals surface area contributed by atoms with E-state index in [-0.39, 0.29) is 18.2 Å². The molecule has 0 fully saturated rings. The van der Waals surface area contributed by atoms with Crippen LogP contribution in [-0.4, -0.2) is 47.5 Å². The quantitative estimate of drug-likeness (QED) is 0.429. The van der Waals surface area contributed by atoms with E-state index < -0.39 is 5.97 Å². The van der Waals surface area contributed by atoms with E-state index in [1.165, 1.54) is 0 Å². The zero-order valence-corrected chi connectivity index (χ0v) is 17.8. The van der Waals surface area contributed by atoms with Crippen LogP contribution in [0.5, 0.6) is 11.5 Å². The molecule has 0 aliphatic carbocycles. The Kier molecular flexibility index (Phi) is 5.80. The number of methoxy groups -OCH3 is 2. The zero-order chi connectivity index (χ0) is 22.7. The van der Waals surface area contributed by atoms with Crippen molar-refractivity contribution >= 4 is 28.5 Å². The SMILES string of the molecule is CCOC(=O)c1ccn(-c2cccc(NC(=O)c3cc4cc(OC)cc(OC)c4[nH]3)c2)n1. The molecular weight excluding hydrogens is 412 g/mol. The topological polar surface area (TPSA) is 107 Å². The molecular formula is C23H22N4O5. The molecule has 1 amide bonds. The first kappa shape index (κ1) is 21.0. The van der Waals surface area contributed by atoms with E-state index in [1.807, 2.05) is 12.1 Å². The number of benzene rings is 2. The second-order valence-electron chi connectivity index (χ2n) is 6.85. The number of hydrogen-bond acceptors (Lipinski definition) is 6. The summed E-state index contributed by atoms with van der Waals surface area (Å²) in [5.41, 5.74) is 2.55. The van der Waals surface area contributed by atoms with Crippen molar-refractivity contribution in [3.05, 3.63) is 66.1 Å². The van der Waals surface area contributed by atoms with Crippen LogP contribution in [0.2, 0.25) is 0 Å². The van der Waals surface area contributed by atoms with Crippen molar-refractivity contribution in [2.75, 3.05) is 26.1 Å². The molecule has 32 heavy (non-hydrogen) atoms. The fraction of sp³-hybridized carbons (Fsp3) is 0.174.